The summed E-state index contributed by atoms with van der Waals surface area (Å²) < 4.78 is 147. The van der Waals surface area contributed by atoms with E-state index in [0.29, 0.717) is 35.9 Å². The number of hydrogen-bond donors (Lipinski definition) is 0. The topological polar surface area (TPSA) is 241 Å². The van der Waals surface area contributed by atoms with E-state index in [1.54, 1.807) is 39.9 Å². The highest BCUT2D eigenvalue weighted by molar-refractivity contribution is 7.86. The van der Waals surface area contributed by atoms with Crippen molar-refractivity contribution in [1.29, 1.82) is 0 Å². The van der Waals surface area contributed by atoms with Crippen LogP contribution in [0.2, 0.25) is 0 Å². The smallest absolute Gasteiger partial charge is 0.237 e. The van der Waals surface area contributed by atoms with Crippen LogP contribution in [0.3, 0.4) is 0 Å². The largest absolute Gasteiger partial charge is 0.748 e. The molecule has 0 radical (unpaired) electrons. The molecule has 8 aromatic rings. The summed E-state index contributed by atoms with van der Waals surface area (Å²) in [5, 5.41) is 6.40. The summed E-state index contributed by atoms with van der Waals surface area (Å²) in [4.78, 5) is 3.70. The molecule has 2 unspecified atom stereocenters. The summed E-state index contributed by atoms with van der Waals surface area (Å²) in [5.74, 6) is -1.40. The minimum absolute atomic E-state index is 0.177. The van der Waals surface area contributed by atoms with Crippen LogP contribution in [0.4, 0.5) is 22.7 Å². The normalized spacial score (nSPS) is 19.0. The highest BCUT2D eigenvalue weighted by atomic mass is 32.2. The summed E-state index contributed by atoms with van der Waals surface area (Å²) in [6, 6.07) is 48.0. The van der Waals surface area contributed by atoms with E-state index in [9.17, 15) is 51.9 Å². The highest BCUT2D eigenvalue weighted by Gasteiger charge is 2.48. The van der Waals surface area contributed by atoms with Crippen molar-refractivity contribution in [3.63, 3.8) is 0 Å². The Labute approximate surface area is 552 Å². The minimum Gasteiger partial charge on any atom is -0.748 e. The van der Waals surface area contributed by atoms with E-state index in [4.69, 9.17) is 0 Å². The quantitative estimate of drug-likeness (QED) is 0.0468. The number of allylic oxidation sites excluding steroid dienone is 10. The van der Waals surface area contributed by atoms with Crippen molar-refractivity contribution in [3.8, 4) is 0 Å². The first-order chi connectivity index (χ1) is 44.0. The maximum Gasteiger partial charge on any atom is 0.237 e. The van der Waals surface area contributed by atoms with Gasteiger partial charge in [0.1, 0.15) is 16.0 Å². The van der Waals surface area contributed by atoms with Crippen molar-refractivity contribution in [1.82, 2.24) is 0 Å². The third-order valence-corrected chi connectivity index (χ3v) is 22.9. The zero-order valence-corrected chi connectivity index (χ0v) is 57.5. The SMILES string of the molecule is CC(CCN1C(=CC=CC2=[N+](CCC(C)S(=O)(=O)[O-])c3ccc4ccccc4c3C2(C)C)C(C)(C)c2c1ccc1ccccc21)S(=O)(=O)[O-].CC1(C)C(=CC=CC=CC2=[N+](CS(=O)(=O)[O-])c3ccc4ccccc4c3C2(C)C)N(CS(=O)(=O)[O-])c2ccc3ccccc3c21. The van der Waals surface area contributed by atoms with Crippen molar-refractivity contribution in [3.05, 3.63) is 228 Å². The van der Waals surface area contributed by atoms with Crippen LogP contribution in [0.25, 0.3) is 43.1 Å². The van der Waals surface area contributed by atoms with Crippen molar-refractivity contribution in [2.24, 2.45) is 0 Å². The van der Waals surface area contributed by atoms with Crippen molar-refractivity contribution >= 4 is 118 Å². The molecular weight excluding hydrogens is 1270 g/mol. The maximum atomic E-state index is 12.0. The molecule has 0 amide bonds. The Morgan fingerprint density at radius 3 is 1.26 bits per heavy atom. The molecule has 0 saturated carbocycles. The van der Waals surface area contributed by atoms with Crippen molar-refractivity contribution in [2.45, 2.75) is 114 Å². The molecule has 0 spiro atoms. The van der Waals surface area contributed by atoms with E-state index in [-0.39, 0.29) is 12.8 Å². The summed E-state index contributed by atoms with van der Waals surface area (Å²) in [5.41, 5.74) is 8.64. The van der Waals surface area contributed by atoms with Gasteiger partial charge in [0, 0.05) is 87.2 Å². The zero-order valence-electron chi connectivity index (χ0n) is 54.2. The van der Waals surface area contributed by atoms with Gasteiger partial charge in [-0.1, -0.05) is 161 Å². The van der Waals surface area contributed by atoms with Gasteiger partial charge < -0.3 is 28.0 Å². The molecular formula is C74H76N4O12S4-2. The van der Waals surface area contributed by atoms with Crippen LogP contribution in [0.1, 0.15) is 104 Å². The van der Waals surface area contributed by atoms with Gasteiger partial charge >= 0.3 is 0 Å². The minimum atomic E-state index is -4.60. The van der Waals surface area contributed by atoms with E-state index < -0.39 is 84.4 Å². The highest BCUT2D eigenvalue weighted by Crippen LogP contribution is 2.53. The molecule has 0 aliphatic carbocycles. The fraction of sp³-hybridized carbons (Fsp3) is 0.297. The Hall–Kier alpha value is -7.92. The zero-order chi connectivity index (χ0) is 67.9. The molecule has 0 N–H and O–H groups in total. The molecule has 8 aromatic carbocycles. The van der Waals surface area contributed by atoms with Crippen LogP contribution in [0.5, 0.6) is 0 Å². The van der Waals surface area contributed by atoms with Crippen LogP contribution in [0.15, 0.2) is 206 Å². The van der Waals surface area contributed by atoms with E-state index in [1.807, 2.05) is 131 Å². The molecule has 0 fully saturated rings. The molecule has 4 heterocycles. The van der Waals surface area contributed by atoms with Gasteiger partial charge in [0.2, 0.25) is 17.3 Å². The first-order valence-electron chi connectivity index (χ1n) is 31.2. The Morgan fingerprint density at radius 1 is 0.415 bits per heavy atom. The lowest BCUT2D eigenvalue weighted by molar-refractivity contribution is -0.438. The molecule has 4 aliphatic rings. The van der Waals surface area contributed by atoms with Crippen LogP contribution >= 0.6 is 0 Å². The Morgan fingerprint density at radius 2 is 0.798 bits per heavy atom. The predicted molar refractivity (Wildman–Crippen MR) is 373 cm³/mol. The molecule has 12 rings (SSSR count). The second-order valence-electron chi connectivity index (χ2n) is 26.9. The van der Waals surface area contributed by atoms with E-state index in [0.717, 1.165) is 88.1 Å². The molecule has 0 saturated heterocycles. The first-order valence-corrected chi connectivity index (χ1v) is 37.3. The summed E-state index contributed by atoms with van der Waals surface area (Å²) in [7, 11) is -18.1. The van der Waals surface area contributed by atoms with E-state index in [1.165, 1.54) is 13.8 Å². The lowest BCUT2D eigenvalue weighted by Crippen LogP contribution is -2.30. The number of anilines is 2. The first kappa shape index (κ1) is 67.5. The molecule has 0 bridgehead atoms. The van der Waals surface area contributed by atoms with Crippen LogP contribution in [0, 0.1) is 0 Å². The Kier molecular flexibility index (Phi) is 17.7. The van der Waals surface area contributed by atoms with Crippen LogP contribution in [-0.4, -0.2) is 108 Å². The van der Waals surface area contributed by atoms with Gasteiger partial charge in [-0.15, -0.1) is 0 Å². The van der Waals surface area contributed by atoms with Gasteiger partial charge in [0.15, 0.2) is 28.1 Å². The average molecular weight is 1340 g/mol. The summed E-state index contributed by atoms with van der Waals surface area (Å²) in [6.45, 7) is 20.3. The molecule has 490 valence electrons. The molecule has 94 heavy (non-hydrogen) atoms. The van der Waals surface area contributed by atoms with Crippen LogP contribution < -0.4 is 9.80 Å². The number of hydrogen-bond acceptors (Lipinski definition) is 14. The summed E-state index contributed by atoms with van der Waals surface area (Å²) >= 11 is 0. The third kappa shape index (κ3) is 12.7. The van der Waals surface area contributed by atoms with Crippen LogP contribution in [-0.2, 0) is 62.1 Å². The lowest BCUT2D eigenvalue weighted by atomic mass is 9.79. The second-order valence-corrected chi connectivity index (χ2v) is 33.2. The lowest BCUT2D eigenvalue weighted by Gasteiger charge is -2.28. The number of benzene rings is 8. The van der Waals surface area contributed by atoms with Gasteiger partial charge in [-0.2, -0.15) is 9.15 Å². The van der Waals surface area contributed by atoms with Gasteiger partial charge in [-0.25, -0.2) is 33.7 Å². The summed E-state index contributed by atoms with van der Waals surface area (Å²) in [6.07, 6.45) is 15.4. The van der Waals surface area contributed by atoms with Gasteiger partial charge in [-0.05, 0) is 139 Å². The predicted octanol–water partition coefficient (Wildman–Crippen LogP) is 13.4. The third-order valence-electron chi connectivity index (χ3n) is 19.3. The molecule has 16 nitrogen and oxygen atoms in total. The van der Waals surface area contributed by atoms with E-state index in [2.05, 4.69) is 97.9 Å². The maximum absolute atomic E-state index is 12.0. The van der Waals surface area contributed by atoms with Gasteiger partial charge in [-0.3, -0.25) is 0 Å². The van der Waals surface area contributed by atoms with Crippen molar-refractivity contribution in [2.75, 3.05) is 34.6 Å². The second kappa shape index (κ2) is 24.7. The van der Waals surface area contributed by atoms with Crippen molar-refractivity contribution < 1.29 is 61.0 Å². The fourth-order valence-electron chi connectivity index (χ4n) is 14.7. The average Bonchev–Trinajstić information content (AvgIpc) is 1.60. The fourth-order valence-corrected chi connectivity index (χ4v) is 16.7. The van der Waals surface area contributed by atoms with Gasteiger partial charge in [0.05, 0.1) is 36.3 Å². The molecule has 2 atom stereocenters. The Balaban J connectivity index is 0.000000192. The molecule has 20 heteroatoms. The number of fused-ring (bicyclic) bond motifs is 12. The molecule has 0 aromatic heterocycles. The standard InChI is InChI=1S/C39H44N2O6S2.C35H34N2O6S2/c1-26(48(42,43)44)22-24-40-32-20-18-28-12-7-9-14-30(28)36(32)38(3,4)34(40)16-11-17-35-39(5,6)37-31-15-10-8-13-29(31)19-21-33(37)41(35)25-23-27(2)49(45,46)47;1-34(2)30(36(22-44(38,39)40)28-20-18-24-12-8-10-14-26(24)32(28)34)16-6-5-7-17-31-35(3,4)33-27-15-11-9-13-25(27)19-21-29(33)37(31)23-45(41,42)43/h7-21,26-27H,22-25H2,1-6H3,(H-,42,43,44,45,46,47);5-21H,22-23H2,1-4H3,(H-,38,39,40,41,42,43)/p-2. The van der Waals surface area contributed by atoms with E-state index >= 15 is 0 Å². The monoisotopic (exact) mass is 1340 g/mol. The Bertz CT molecular complexity index is 5150. The number of nitrogens with zero attached hydrogens (tertiary/aromatic N) is 4. The number of rotatable bonds is 17. The molecule has 4 aliphatic heterocycles. The van der Waals surface area contributed by atoms with Gasteiger partial charge in [0.25, 0.3) is 0 Å².